The summed E-state index contributed by atoms with van der Waals surface area (Å²) in [4.78, 5) is 18.4. The van der Waals surface area contributed by atoms with Crippen molar-refractivity contribution in [3.05, 3.63) is 39.4 Å². The fraction of sp³-hybridized carbons (Fsp3) is 0.474. The van der Waals surface area contributed by atoms with E-state index in [1.807, 2.05) is 0 Å². The van der Waals surface area contributed by atoms with Gasteiger partial charge in [0.25, 0.3) is 5.91 Å². The Morgan fingerprint density at radius 3 is 2.46 bits per heavy atom. The van der Waals surface area contributed by atoms with Crippen LogP contribution in [0.2, 0.25) is 5.02 Å². The zero-order valence-corrected chi connectivity index (χ0v) is 19.0. The maximum Gasteiger partial charge on any atom is 0.259 e. The van der Waals surface area contributed by atoms with Gasteiger partial charge in [0.2, 0.25) is 10.0 Å². The van der Waals surface area contributed by atoms with Crippen LogP contribution in [0.5, 0.6) is 0 Å². The molecule has 0 aliphatic heterocycles. The Morgan fingerprint density at radius 2 is 1.89 bits per heavy atom. The van der Waals surface area contributed by atoms with Crippen LogP contribution in [0.1, 0.15) is 55.0 Å². The minimum absolute atomic E-state index is 0.0470. The van der Waals surface area contributed by atoms with Crippen LogP contribution in [-0.4, -0.2) is 36.7 Å². The normalized spacial score (nSPS) is 11.8. The van der Waals surface area contributed by atoms with Crippen LogP contribution in [-0.2, 0) is 22.9 Å². The smallest absolute Gasteiger partial charge is 0.259 e. The van der Waals surface area contributed by atoms with Crippen LogP contribution in [0, 0.1) is 0 Å². The molecule has 0 radical (unpaired) electrons. The lowest BCUT2D eigenvalue weighted by Gasteiger charge is -2.19. The van der Waals surface area contributed by atoms with E-state index in [4.69, 9.17) is 11.6 Å². The molecule has 9 heteroatoms. The van der Waals surface area contributed by atoms with Gasteiger partial charge < -0.3 is 0 Å². The molecule has 154 valence electrons. The Bertz CT molecular complexity index is 938. The first-order valence-corrected chi connectivity index (χ1v) is 12.0. The van der Waals surface area contributed by atoms with Gasteiger partial charge in [-0.15, -0.1) is 11.3 Å². The van der Waals surface area contributed by atoms with Gasteiger partial charge in [0.1, 0.15) is 0 Å². The predicted octanol–water partition coefficient (Wildman–Crippen LogP) is 4.59. The number of nitrogens with zero attached hydrogens (tertiary/aromatic N) is 2. The van der Waals surface area contributed by atoms with Crippen LogP contribution in [0.25, 0.3) is 0 Å². The van der Waals surface area contributed by atoms with Crippen molar-refractivity contribution in [1.82, 2.24) is 9.29 Å². The molecule has 28 heavy (non-hydrogen) atoms. The van der Waals surface area contributed by atoms with Crippen molar-refractivity contribution in [3.63, 3.8) is 0 Å². The average Bonchev–Trinajstić information content (AvgIpc) is 3.04. The molecule has 0 aliphatic rings. The second-order valence-electron chi connectivity index (χ2n) is 6.18. The van der Waals surface area contributed by atoms with Crippen molar-refractivity contribution < 1.29 is 13.2 Å². The van der Waals surface area contributed by atoms with Crippen LogP contribution in [0.3, 0.4) is 0 Å². The number of benzene rings is 1. The number of carbonyl (C=O) groups is 1. The summed E-state index contributed by atoms with van der Waals surface area (Å²) in [6, 6.07) is 4.19. The molecule has 1 heterocycles. The molecule has 2 aromatic rings. The SMILES string of the molecule is CCCc1nc(NC(=O)c2cc(S(=O)(=O)N(CC)CC)ccc2Cl)sc1CC. The Balaban J connectivity index is 2.34. The van der Waals surface area contributed by atoms with E-state index in [0.717, 1.165) is 29.8 Å². The maximum atomic E-state index is 12.8. The summed E-state index contributed by atoms with van der Waals surface area (Å²) >= 11 is 7.62. The third-order valence-corrected chi connectivity index (χ3v) is 7.87. The molecule has 1 amide bonds. The number of hydrogen-bond donors (Lipinski definition) is 1. The van der Waals surface area contributed by atoms with Gasteiger partial charge in [-0.2, -0.15) is 4.31 Å². The molecule has 0 unspecified atom stereocenters. The highest BCUT2D eigenvalue weighted by Crippen LogP contribution is 2.27. The van der Waals surface area contributed by atoms with Crippen molar-refractivity contribution in [2.24, 2.45) is 0 Å². The van der Waals surface area contributed by atoms with Gasteiger partial charge in [-0.25, -0.2) is 13.4 Å². The van der Waals surface area contributed by atoms with E-state index in [2.05, 4.69) is 24.1 Å². The maximum absolute atomic E-state index is 12.8. The molecule has 0 fully saturated rings. The summed E-state index contributed by atoms with van der Waals surface area (Å²) < 4.78 is 26.8. The number of sulfonamides is 1. The van der Waals surface area contributed by atoms with E-state index < -0.39 is 15.9 Å². The highest BCUT2D eigenvalue weighted by atomic mass is 35.5. The topological polar surface area (TPSA) is 79.4 Å². The molecule has 0 aliphatic carbocycles. The molecule has 0 atom stereocenters. The van der Waals surface area contributed by atoms with E-state index >= 15 is 0 Å². The molecular weight excluding hydrogens is 418 g/mol. The summed E-state index contributed by atoms with van der Waals surface area (Å²) in [5.74, 6) is -0.471. The second-order valence-corrected chi connectivity index (χ2v) is 9.61. The zero-order valence-electron chi connectivity index (χ0n) is 16.6. The van der Waals surface area contributed by atoms with Gasteiger partial charge in [0, 0.05) is 18.0 Å². The number of aromatic nitrogens is 1. The molecule has 0 saturated carbocycles. The van der Waals surface area contributed by atoms with Crippen LogP contribution in [0.4, 0.5) is 5.13 Å². The summed E-state index contributed by atoms with van der Waals surface area (Å²) in [5, 5.41) is 3.45. The Hall–Kier alpha value is -1.48. The van der Waals surface area contributed by atoms with Gasteiger partial charge in [-0.1, -0.05) is 45.7 Å². The first kappa shape index (κ1) is 22.8. The lowest BCUT2D eigenvalue weighted by molar-refractivity contribution is 0.102. The van der Waals surface area contributed by atoms with E-state index in [0.29, 0.717) is 18.2 Å². The molecule has 1 aromatic heterocycles. The fourth-order valence-electron chi connectivity index (χ4n) is 2.86. The third-order valence-electron chi connectivity index (χ3n) is 4.33. The minimum Gasteiger partial charge on any atom is -0.298 e. The summed E-state index contributed by atoms with van der Waals surface area (Å²) in [6.45, 7) is 8.37. The summed E-state index contributed by atoms with van der Waals surface area (Å²) in [5.41, 5.74) is 1.11. The van der Waals surface area contributed by atoms with Crippen molar-refractivity contribution in [3.8, 4) is 0 Å². The first-order valence-electron chi connectivity index (χ1n) is 9.37. The summed E-state index contributed by atoms with van der Waals surface area (Å²) in [6.07, 6.45) is 2.68. The molecule has 0 saturated heterocycles. The lowest BCUT2D eigenvalue weighted by Crippen LogP contribution is -2.30. The number of amides is 1. The molecule has 0 spiro atoms. The Labute approximate surface area is 176 Å². The number of hydrogen-bond acceptors (Lipinski definition) is 5. The Morgan fingerprint density at radius 1 is 1.21 bits per heavy atom. The number of anilines is 1. The second kappa shape index (κ2) is 9.82. The summed E-state index contributed by atoms with van der Waals surface area (Å²) in [7, 11) is -3.68. The quantitative estimate of drug-likeness (QED) is 0.614. The third kappa shape index (κ3) is 4.92. The number of nitrogens with one attached hydrogen (secondary N) is 1. The van der Waals surface area contributed by atoms with Crippen molar-refractivity contribution in [2.75, 3.05) is 18.4 Å². The van der Waals surface area contributed by atoms with E-state index in [1.165, 1.54) is 33.8 Å². The molecule has 6 nitrogen and oxygen atoms in total. The number of rotatable bonds is 9. The fourth-order valence-corrected chi connectivity index (χ4v) is 5.49. The number of halogens is 1. The lowest BCUT2D eigenvalue weighted by atomic mass is 10.2. The zero-order chi connectivity index (χ0) is 20.9. The molecule has 1 aromatic carbocycles. The highest BCUT2D eigenvalue weighted by Gasteiger charge is 2.24. The van der Waals surface area contributed by atoms with Crippen LogP contribution >= 0.6 is 22.9 Å². The predicted molar refractivity (Wildman–Crippen MR) is 115 cm³/mol. The number of thiazole rings is 1. The van der Waals surface area contributed by atoms with Crippen LogP contribution in [0.15, 0.2) is 23.1 Å². The first-order chi connectivity index (χ1) is 13.3. The highest BCUT2D eigenvalue weighted by molar-refractivity contribution is 7.89. The van der Waals surface area contributed by atoms with Crippen molar-refractivity contribution in [2.45, 2.75) is 51.9 Å². The minimum atomic E-state index is -3.68. The van der Waals surface area contributed by atoms with Gasteiger partial charge in [-0.3, -0.25) is 10.1 Å². The van der Waals surface area contributed by atoms with Crippen molar-refractivity contribution in [1.29, 1.82) is 0 Å². The largest absolute Gasteiger partial charge is 0.298 e. The number of carbonyl (C=O) groups excluding carboxylic acids is 1. The molecular formula is C19H26ClN3O3S2. The van der Waals surface area contributed by atoms with E-state index in [9.17, 15) is 13.2 Å². The standard InChI is InChI=1S/C19H26ClN3O3S2/c1-5-9-16-17(6-2)27-19(21-16)22-18(24)14-12-13(10-11-15(14)20)28(25,26)23(7-3)8-4/h10-12H,5-9H2,1-4H3,(H,21,22,24). The van der Waals surface area contributed by atoms with Gasteiger partial charge in [0.15, 0.2) is 5.13 Å². The molecule has 2 rings (SSSR count). The Kier molecular flexibility index (Phi) is 8.00. The van der Waals surface area contributed by atoms with Gasteiger partial charge in [-0.05, 0) is 31.0 Å². The van der Waals surface area contributed by atoms with Gasteiger partial charge in [0.05, 0.1) is 21.2 Å². The van der Waals surface area contributed by atoms with Crippen molar-refractivity contribution >= 4 is 44.0 Å². The van der Waals surface area contributed by atoms with E-state index in [1.54, 1.807) is 13.8 Å². The number of aryl methyl sites for hydroxylation is 2. The molecule has 1 N–H and O–H groups in total. The average molecular weight is 444 g/mol. The van der Waals surface area contributed by atoms with E-state index in [-0.39, 0.29) is 15.5 Å². The van der Waals surface area contributed by atoms with Gasteiger partial charge >= 0.3 is 0 Å². The monoisotopic (exact) mass is 443 g/mol. The molecule has 0 bridgehead atoms. The van der Waals surface area contributed by atoms with Crippen LogP contribution < -0.4 is 5.32 Å².